The van der Waals surface area contributed by atoms with Crippen LogP contribution in [0.15, 0.2) is 106 Å². The van der Waals surface area contributed by atoms with E-state index in [1.165, 1.54) is 23.9 Å². The summed E-state index contributed by atoms with van der Waals surface area (Å²) in [6, 6.07) is 22.9. The predicted molar refractivity (Wildman–Crippen MR) is 162 cm³/mol. The molecule has 1 N–H and O–H groups in total. The molecule has 0 aromatic heterocycles. The minimum atomic E-state index is -0.574. The molecule has 0 radical (unpaired) electrons. The van der Waals surface area contributed by atoms with Crippen LogP contribution in [-0.4, -0.2) is 28.0 Å². The zero-order valence-corrected chi connectivity index (χ0v) is 24.5. The van der Waals surface area contributed by atoms with Gasteiger partial charge in [-0.3, -0.25) is 4.79 Å². The number of carbonyl (C=O) groups excluding carboxylic acids is 2. The van der Waals surface area contributed by atoms with Crippen molar-refractivity contribution in [3.05, 3.63) is 124 Å². The fraction of sp³-hybridized carbons (Fsp3) is 0.242. The third kappa shape index (κ3) is 6.91. The van der Waals surface area contributed by atoms with Gasteiger partial charge >= 0.3 is 5.97 Å². The SMILES string of the molecule is CC1=C(C(=O)OC(C)C)C(c2cccc(OCc3ccccc3)c2)N2C(CC(=O)NCc3ccc(F)cc3)=CSC2=N1. The zero-order chi connectivity index (χ0) is 29.6. The van der Waals surface area contributed by atoms with E-state index >= 15 is 0 Å². The van der Waals surface area contributed by atoms with Crippen LogP contribution in [0, 0.1) is 5.82 Å². The number of ether oxygens (including phenoxy) is 2. The normalized spacial score (nSPS) is 16.1. The fourth-order valence-corrected chi connectivity index (χ4v) is 5.73. The number of thioether (sulfide) groups is 1. The van der Waals surface area contributed by atoms with Crippen LogP contribution in [-0.2, 0) is 27.5 Å². The van der Waals surface area contributed by atoms with E-state index < -0.39 is 12.0 Å². The van der Waals surface area contributed by atoms with Crippen LogP contribution in [0.5, 0.6) is 5.75 Å². The van der Waals surface area contributed by atoms with E-state index in [4.69, 9.17) is 14.5 Å². The van der Waals surface area contributed by atoms with Crippen molar-refractivity contribution in [3.63, 3.8) is 0 Å². The molecule has 2 aliphatic rings. The van der Waals surface area contributed by atoms with Gasteiger partial charge in [0.15, 0.2) is 5.17 Å². The average Bonchev–Trinajstić information content (AvgIpc) is 3.36. The molecule has 42 heavy (non-hydrogen) atoms. The van der Waals surface area contributed by atoms with Crippen molar-refractivity contribution in [3.8, 4) is 5.75 Å². The van der Waals surface area contributed by atoms with Crippen LogP contribution in [0.1, 0.15) is 49.9 Å². The van der Waals surface area contributed by atoms with Gasteiger partial charge in [-0.1, -0.05) is 66.4 Å². The van der Waals surface area contributed by atoms with E-state index in [1.807, 2.05) is 64.9 Å². The molecule has 3 aromatic rings. The highest BCUT2D eigenvalue weighted by Crippen LogP contribution is 2.45. The highest BCUT2D eigenvalue weighted by molar-refractivity contribution is 8.16. The van der Waals surface area contributed by atoms with Gasteiger partial charge in [0, 0.05) is 12.2 Å². The van der Waals surface area contributed by atoms with Crippen molar-refractivity contribution in [1.29, 1.82) is 0 Å². The highest BCUT2D eigenvalue weighted by atomic mass is 32.2. The number of carbonyl (C=O) groups is 2. The van der Waals surface area contributed by atoms with Gasteiger partial charge in [-0.15, -0.1) is 0 Å². The number of amidine groups is 1. The molecule has 0 bridgehead atoms. The monoisotopic (exact) mass is 585 g/mol. The zero-order valence-electron chi connectivity index (χ0n) is 23.7. The van der Waals surface area contributed by atoms with Crippen LogP contribution in [0.3, 0.4) is 0 Å². The van der Waals surface area contributed by atoms with Crippen molar-refractivity contribution in [1.82, 2.24) is 10.2 Å². The molecule has 1 unspecified atom stereocenters. The Balaban J connectivity index is 1.41. The van der Waals surface area contributed by atoms with Gasteiger partial charge in [-0.25, -0.2) is 14.2 Å². The molecule has 2 heterocycles. The van der Waals surface area contributed by atoms with Crippen molar-refractivity contribution >= 4 is 28.8 Å². The van der Waals surface area contributed by atoms with Gasteiger partial charge in [0.1, 0.15) is 18.2 Å². The van der Waals surface area contributed by atoms with E-state index in [9.17, 15) is 14.0 Å². The molecular weight excluding hydrogens is 553 g/mol. The Morgan fingerprint density at radius 3 is 2.52 bits per heavy atom. The molecule has 0 aliphatic carbocycles. The molecule has 0 saturated heterocycles. The average molecular weight is 586 g/mol. The summed E-state index contributed by atoms with van der Waals surface area (Å²) in [5, 5.41) is 5.47. The minimum absolute atomic E-state index is 0.0689. The van der Waals surface area contributed by atoms with E-state index in [0.29, 0.717) is 34.5 Å². The number of hydrogen-bond donors (Lipinski definition) is 1. The second-order valence-corrected chi connectivity index (χ2v) is 11.1. The number of rotatable bonds is 10. The summed E-state index contributed by atoms with van der Waals surface area (Å²) in [6.07, 6.45) is -0.246. The number of aliphatic imine (C=N–C) groups is 1. The number of hydrogen-bond acceptors (Lipinski definition) is 7. The number of halogens is 1. The Bertz CT molecular complexity index is 1550. The number of nitrogens with zero attached hydrogens (tertiary/aromatic N) is 2. The molecule has 0 fully saturated rings. The summed E-state index contributed by atoms with van der Waals surface area (Å²) in [7, 11) is 0. The summed E-state index contributed by atoms with van der Waals surface area (Å²) < 4.78 is 25.0. The van der Waals surface area contributed by atoms with Crippen molar-refractivity contribution in [2.24, 2.45) is 4.99 Å². The molecule has 1 amide bonds. The largest absolute Gasteiger partial charge is 0.489 e. The lowest BCUT2D eigenvalue weighted by molar-refractivity contribution is -0.143. The number of fused-ring (bicyclic) bond motifs is 1. The summed E-state index contributed by atoms with van der Waals surface area (Å²) in [5.41, 5.74) is 4.33. The fourth-order valence-electron chi connectivity index (χ4n) is 4.77. The van der Waals surface area contributed by atoms with Gasteiger partial charge in [0.2, 0.25) is 5.91 Å². The van der Waals surface area contributed by atoms with E-state index in [-0.39, 0.29) is 30.8 Å². The maximum absolute atomic E-state index is 13.5. The maximum Gasteiger partial charge on any atom is 0.338 e. The highest BCUT2D eigenvalue weighted by Gasteiger charge is 2.41. The molecule has 9 heteroatoms. The Labute approximate surface area is 249 Å². The number of benzene rings is 3. The van der Waals surface area contributed by atoms with Gasteiger partial charge in [-0.2, -0.15) is 0 Å². The number of esters is 1. The molecule has 1 atom stereocenters. The van der Waals surface area contributed by atoms with Crippen LogP contribution in [0.25, 0.3) is 0 Å². The summed E-state index contributed by atoms with van der Waals surface area (Å²) in [4.78, 5) is 33.1. The molecule has 0 saturated carbocycles. The molecule has 3 aromatic carbocycles. The van der Waals surface area contributed by atoms with Gasteiger partial charge in [-0.05, 0) is 67.1 Å². The standard InChI is InChI=1S/C33H32FN3O4S/c1-21(2)41-32(39)30-22(3)36-33-37(27(20-42-33)17-29(38)35-18-23-12-14-26(34)15-13-23)31(30)25-10-7-11-28(16-25)40-19-24-8-5-4-6-9-24/h4-16,20-21,31H,17-19H2,1-3H3,(H,35,38). The molecule has 2 aliphatic heterocycles. The van der Waals surface area contributed by atoms with E-state index in [1.54, 1.807) is 32.9 Å². The Kier molecular flexibility index (Phi) is 9.07. The van der Waals surface area contributed by atoms with E-state index in [2.05, 4.69) is 5.32 Å². The lowest BCUT2D eigenvalue weighted by Crippen LogP contribution is -2.38. The third-order valence-electron chi connectivity index (χ3n) is 6.73. The molecule has 0 spiro atoms. The van der Waals surface area contributed by atoms with Crippen LogP contribution < -0.4 is 10.1 Å². The lowest BCUT2D eigenvalue weighted by Gasteiger charge is -2.36. The Morgan fingerprint density at radius 1 is 1.02 bits per heavy atom. The van der Waals surface area contributed by atoms with Crippen LogP contribution in [0.4, 0.5) is 4.39 Å². The van der Waals surface area contributed by atoms with Crippen LogP contribution >= 0.6 is 11.8 Å². The Hall–Kier alpha value is -4.37. The topological polar surface area (TPSA) is 80.2 Å². The second kappa shape index (κ2) is 13.1. The molecule has 216 valence electrons. The van der Waals surface area contributed by atoms with E-state index in [0.717, 1.165) is 16.7 Å². The molecule has 7 nitrogen and oxygen atoms in total. The Morgan fingerprint density at radius 2 is 1.79 bits per heavy atom. The van der Waals surface area contributed by atoms with Crippen LogP contribution in [0.2, 0.25) is 0 Å². The second-order valence-electron chi connectivity index (χ2n) is 10.3. The van der Waals surface area contributed by atoms with Gasteiger partial charge in [0.05, 0.1) is 29.8 Å². The third-order valence-corrected chi connectivity index (χ3v) is 7.62. The van der Waals surface area contributed by atoms with Gasteiger partial charge < -0.3 is 19.7 Å². The molecule has 5 rings (SSSR count). The lowest BCUT2D eigenvalue weighted by atomic mass is 9.93. The first-order valence-corrected chi connectivity index (χ1v) is 14.6. The maximum atomic E-state index is 13.5. The predicted octanol–water partition coefficient (Wildman–Crippen LogP) is 6.64. The smallest absolute Gasteiger partial charge is 0.338 e. The summed E-state index contributed by atoms with van der Waals surface area (Å²) in [6.45, 7) is 6.09. The van der Waals surface area contributed by atoms with Crippen molar-refractivity contribution < 1.29 is 23.5 Å². The summed E-state index contributed by atoms with van der Waals surface area (Å²) >= 11 is 1.41. The first kappa shape index (κ1) is 29.1. The minimum Gasteiger partial charge on any atom is -0.489 e. The van der Waals surface area contributed by atoms with Crippen molar-refractivity contribution in [2.45, 2.75) is 52.5 Å². The molecular formula is C33H32FN3O4S. The van der Waals surface area contributed by atoms with Crippen molar-refractivity contribution in [2.75, 3.05) is 0 Å². The first-order valence-electron chi connectivity index (χ1n) is 13.7. The quantitative estimate of drug-likeness (QED) is 0.269. The number of nitrogens with one attached hydrogen (secondary N) is 1. The summed E-state index contributed by atoms with van der Waals surface area (Å²) in [5.74, 6) is -0.332. The number of amides is 1. The van der Waals surface area contributed by atoms with Gasteiger partial charge in [0.25, 0.3) is 0 Å². The first-order chi connectivity index (χ1) is 20.3. The number of allylic oxidation sites excluding steroid dienone is 1.